The number of anilines is 2. The van der Waals surface area contributed by atoms with E-state index in [1.165, 1.54) is 24.3 Å². The summed E-state index contributed by atoms with van der Waals surface area (Å²) in [5.74, 6) is 0.330. The number of carbonyl (C=O) groups is 3. The number of nitrogens with one attached hydrogen (secondary N) is 2. The van der Waals surface area contributed by atoms with E-state index < -0.39 is 110 Å². The van der Waals surface area contributed by atoms with Crippen molar-refractivity contribution in [1.29, 1.82) is 0 Å². The lowest BCUT2D eigenvalue weighted by atomic mass is 9.44. The van der Waals surface area contributed by atoms with E-state index in [2.05, 4.69) is 38.3 Å². The Morgan fingerprint density at radius 1 is 0.753 bits per heavy atom. The van der Waals surface area contributed by atoms with E-state index in [0.29, 0.717) is 49.9 Å². The first kappa shape index (κ1) is 52.5. The van der Waals surface area contributed by atoms with Gasteiger partial charge >= 0.3 is 12.2 Å². The largest absolute Gasteiger partial charge is 0.446 e. The SMILES string of the molecule is CC1C2C(C[C@H]3[C@@H]4CC[C@H]5C[C@@H](O[C@@H]6O[C@H](CO)[C@@H](O[C@@H]7O[C@H](COC(=O)Nc8ccc(F)cc8)[C@@H](OC(=O)Nc8ccc(F)cc8)[C@H](O)[C@H]7O)[C@H](O)[C@H]6O)CC[C@]5(C)[C@H]4C(=O)C[C@]23C)O[C@]12CC[C@@H](C)CO2. The second-order valence-electron chi connectivity index (χ2n) is 22.7. The fourth-order valence-corrected chi connectivity index (χ4v) is 14.8. The first-order valence-electron chi connectivity index (χ1n) is 26.0. The number of fused-ring (bicyclic) bond motifs is 7. The van der Waals surface area contributed by atoms with Crippen molar-refractivity contribution in [1.82, 2.24) is 0 Å². The number of hydrogen-bond acceptors (Lipinski definition) is 16. The van der Waals surface area contributed by atoms with Crippen molar-refractivity contribution in [2.24, 2.45) is 52.3 Å². The molecule has 4 saturated heterocycles. The van der Waals surface area contributed by atoms with E-state index in [4.69, 9.17) is 37.9 Å². The van der Waals surface area contributed by atoms with Crippen molar-refractivity contribution in [3.63, 3.8) is 0 Å². The molecule has 7 N–H and O–H groups in total. The summed E-state index contributed by atoms with van der Waals surface area (Å²) in [6, 6.07) is 9.46. The Morgan fingerprint density at radius 3 is 2.03 bits per heavy atom. The van der Waals surface area contributed by atoms with Crippen molar-refractivity contribution >= 4 is 29.3 Å². The number of ether oxygens (including phenoxy) is 8. The third-order valence-electron chi connectivity index (χ3n) is 18.4. The molecule has 73 heavy (non-hydrogen) atoms. The second kappa shape index (κ2) is 20.5. The Hall–Kier alpha value is -3.93. The molecule has 3 unspecified atom stereocenters. The molecule has 4 heterocycles. The van der Waals surface area contributed by atoms with E-state index >= 15 is 0 Å². The van der Waals surface area contributed by atoms with Gasteiger partial charge in [0, 0.05) is 36.1 Å². The number of benzene rings is 2. The smallest absolute Gasteiger partial charge is 0.412 e. The number of amides is 2. The molecule has 4 aliphatic carbocycles. The molecule has 2 aromatic carbocycles. The van der Waals surface area contributed by atoms with E-state index in [0.717, 1.165) is 56.4 Å². The molecule has 2 aromatic rings. The molecular weight excluding hydrogens is 959 g/mol. The Labute approximate surface area is 422 Å². The van der Waals surface area contributed by atoms with Crippen LogP contribution in [0.25, 0.3) is 0 Å². The molecule has 4 aliphatic heterocycles. The molecule has 0 radical (unpaired) electrons. The Balaban J connectivity index is 0.772. The molecule has 4 saturated carbocycles. The van der Waals surface area contributed by atoms with Crippen LogP contribution in [0.3, 0.4) is 0 Å². The van der Waals surface area contributed by atoms with E-state index in [-0.39, 0.29) is 57.9 Å². The highest BCUT2D eigenvalue weighted by Crippen LogP contribution is 2.70. The molecule has 8 aliphatic rings. The zero-order valence-corrected chi connectivity index (χ0v) is 41.6. The van der Waals surface area contributed by atoms with Gasteiger partial charge in [0.25, 0.3) is 0 Å². The summed E-state index contributed by atoms with van der Waals surface area (Å²) in [6.45, 7) is 8.33. The Kier molecular flexibility index (Phi) is 14.8. The normalized spacial score (nSPS) is 45.1. The lowest BCUT2D eigenvalue weighted by molar-refractivity contribution is -0.363. The van der Waals surface area contributed by atoms with Crippen LogP contribution in [-0.2, 0) is 42.7 Å². The van der Waals surface area contributed by atoms with Gasteiger partial charge in [-0.15, -0.1) is 0 Å². The maximum atomic E-state index is 14.7. The molecule has 0 bridgehead atoms. The van der Waals surface area contributed by atoms with Crippen LogP contribution in [0.1, 0.15) is 85.5 Å². The first-order chi connectivity index (χ1) is 34.8. The van der Waals surface area contributed by atoms with Crippen LogP contribution in [0.5, 0.6) is 0 Å². The van der Waals surface area contributed by atoms with Crippen LogP contribution in [0.4, 0.5) is 29.7 Å². The zero-order chi connectivity index (χ0) is 51.7. The highest BCUT2D eigenvalue weighted by Gasteiger charge is 2.71. The predicted molar refractivity (Wildman–Crippen MR) is 252 cm³/mol. The van der Waals surface area contributed by atoms with Gasteiger partial charge in [0.1, 0.15) is 66.8 Å². The van der Waals surface area contributed by atoms with Gasteiger partial charge in [0.15, 0.2) is 24.5 Å². The summed E-state index contributed by atoms with van der Waals surface area (Å²) in [5, 5.41) is 61.1. The summed E-state index contributed by atoms with van der Waals surface area (Å²) >= 11 is 0. The van der Waals surface area contributed by atoms with E-state index in [9.17, 15) is 48.7 Å². The number of aliphatic hydroxyl groups is 5. The standard InChI is InChI=1S/C53H70F2N2O16/c1-25-15-18-53(67-23-25)26(2)39-36(73-53)20-34-33-14-5-27-19-32(16-17-51(27,3)40(33)35(59)21-52(34,39)4)68-47-43(62)41(60)45(37(22-58)69-47)71-48-44(63)42(61)46(72-50(65)57-31-12-8-29(55)9-13-31)38(70-48)24-66-49(64)56-30-10-6-28(54)7-11-30/h6-13,25-27,32-34,36-48,58,60-63H,5,14-24H2,1-4H3,(H,56,64)(H,57,65)/t25-,26?,27+,32+,33+,34+,36?,37-,38-,39?,40-,41-,42-,43-,44-,45-,46-,47-,48+,51+,52+,53-/m1/s1. The zero-order valence-electron chi connectivity index (χ0n) is 41.6. The Morgan fingerprint density at radius 2 is 1.38 bits per heavy atom. The minimum Gasteiger partial charge on any atom is -0.446 e. The Bertz CT molecular complexity index is 2310. The van der Waals surface area contributed by atoms with Gasteiger partial charge in [0.2, 0.25) is 0 Å². The summed E-state index contributed by atoms with van der Waals surface area (Å²) < 4.78 is 75.6. The number of halogens is 2. The molecular formula is C53H70F2N2O16. The van der Waals surface area contributed by atoms with Crippen molar-refractivity contribution in [2.75, 3.05) is 30.5 Å². The van der Waals surface area contributed by atoms with Crippen molar-refractivity contribution in [2.45, 2.75) is 165 Å². The van der Waals surface area contributed by atoms with Gasteiger partial charge in [-0.05, 0) is 134 Å². The van der Waals surface area contributed by atoms with Gasteiger partial charge in [-0.3, -0.25) is 15.4 Å². The molecule has 8 fully saturated rings. The van der Waals surface area contributed by atoms with Crippen LogP contribution in [-0.4, -0.2) is 143 Å². The maximum Gasteiger partial charge on any atom is 0.412 e. The van der Waals surface area contributed by atoms with E-state index in [1.54, 1.807) is 0 Å². The number of rotatable bonds is 10. The fourth-order valence-electron chi connectivity index (χ4n) is 14.8. The van der Waals surface area contributed by atoms with Crippen LogP contribution in [0.2, 0.25) is 0 Å². The molecule has 1 spiro atoms. The van der Waals surface area contributed by atoms with Gasteiger partial charge < -0.3 is 63.4 Å². The molecule has 402 valence electrons. The number of ketones is 1. The highest BCUT2D eigenvalue weighted by atomic mass is 19.1. The topological polar surface area (TPSA) is 250 Å². The third-order valence-corrected chi connectivity index (χ3v) is 18.4. The lowest BCUT2D eigenvalue weighted by Crippen LogP contribution is -2.65. The summed E-state index contributed by atoms with van der Waals surface area (Å²) in [6.07, 6.45) is -12.4. The fraction of sp³-hybridized carbons (Fsp3) is 0.717. The molecule has 0 aromatic heterocycles. The van der Waals surface area contributed by atoms with Gasteiger partial charge in [-0.2, -0.15) is 0 Å². The quantitative estimate of drug-likeness (QED) is 0.147. The monoisotopic (exact) mass is 1030 g/mol. The average molecular weight is 1030 g/mol. The van der Waals surface area contributed by atoms with Gasteiger partial charge in [-0.25, -0.2) is 18.4 Å². The van der Waals surface area contributed by atoms with Crippen molar-refractivity contribution in [3.8, 4) is 0 Å². The van der Waals surface area contributed by atoms with Crippen LogP contribution in [0, 0.1) is 63.9 Å². The maximum absolute atomic E-state index is 14.7. The number of aliphatic hydroxyl groups excluding tert-OH is 5. The lowest BCUT2D eigenvalue weighted by Gasteiger charge is -2.60. The van der Waals surface area contributed by atoms with Crippen LogP contribution >= 0.6 is 0 Å². The van der Waals surface area contributed by atoms with Crippen molar-refractivity contribution < 1.29 is 86.6 Å². The minimum atomic E-state index is -2.00. The predicted octanol–water partition coefficient (Wildman–Crippen LogP) is 5.41. The highest BCUT2D eigenvalue weighted by molar-refractivity contribution is 5.86. The molecule has 2 amide bonds. The average Bonchev–Trinajstić information content (AvgIpc) is 3.80. The van der Waals surface area contributed by atoms with Gasteiger partial charge in [0.05, 0.1) is 25.4 Å². The third kappa shape index (κ3) is 9.81. The number of carbonyl (C=O) groups excluding carboxylic acids is 3. The molecule has 10 rings (SSSR count). The minimum absolute atomic E-state index is 0.0754. The summed E-state index contributed by atoms with van der Waals surface area (Å²) in [7, 11) is 0. The number of hydrogen-bond donors (Lipinski definition) is 7. The molecule has 20 heteroatoms. The van der Waals surface area contributed by atoms with Gasteiger partial charge in [-0.1, -0.05) is 27.7 Å². The first-order valence-corrected chi connectivity index (χ1v) is 26.0. The van der Waals surface area contributed by atoms with Crippen molar-refractivity contribution in [3.05, 3.63) is 60.2 Å². The second-order valence-corrected chi connectivity index (χ2v) is 22.7. The van der Waals surface area contributed by atoms with Crippen LogP contribution in [0.15, 0.2) is 48.5 Å². The molecule has 22 atom stereocenters. The van der Waals surface area contributed by atoms with Crippen LogP contribution < -0.4 is 10.6 Å². The van der Waals surface area contributed by atoms with E-state index in [1.807, 2.05) is 0 Å². The summed E-state index contributed by atoms with van der Waals surface area (Å²) in [5.41, 5.74) is -0.120. The molecule has 18 nitrogen and oxygen atoms in total. The summed E-state index contributed by atoms with van der Waals surface area (Å²) in [4.78, 5) is 40.4. The number of Topliss-reactive ketones (excluding diaryl/α,β-unsaturated/α-hetero) is 1.